The van der Waals surface area contributed by atoms with Gasteiger partial charge in [0.15, 0.2) is 5.82 Å². The van der Waals surface area contributed by atoms with Gasteiger partial charge in [-0.1, -0.05) is 17.3 Å². The normalized spacial score (nSPS) is 19.0. The first kappa shape index (κ1) is 15.9. The third-order valence-electron chi connectivity index (χ3n) is 3.76. The number of aromatic nitrogens is 2. The summed E-state index contributed by atoms with van der Waals surface area (Å²) in [6.07, 6.45) is 0.0141. The van der Waals surface area contributed by atoms with E-state index in [0.29, 0.717) is 31.5 Å². The molecule has 0 saturated carbocycles. The maximum atomic E-state index is 5.89. The van der Waals surface area contributed by atoms with Crippen LogP contribution in [0.25, 0.3) is 0 Å². The number of hydrogen-bond donors (Lipinski definition) is 0. The average molecular weight is 319 g/mol. The molecular formula is C16H21N3O4. The second kappa shape index (κ2) is 7.54. The molecule has 0 aliphatic carbocycles. The maximum absolute atomic E-state index is 5.89. The molecular weight excluding hydrogens is 298 g/mol. The van der Waals surface area contributed by atoms with Crippen LogP contribution in [-0.4, -0.2) is 49.0 Å². The predicted octanol–water partition coefficient (Wildman–Crippen LogP) is 1.80. The van der Waals surface area contributed by atoms with Gasteiger partial charge < -0.3 is 18.7 Å². The van der Waals surface area contributed by atoms with Gasteiger partial charge in [0, 0.05) is 20.2 Å². The highest BCUT2D eigenvalue weighted by molar-refractivity contribution is 5.30. The van der Waals surface area contributed by atoms with Gasteiger partial charge in [0.2, 0.25) is 5.89 Å². The van der Waals surface area contributed by atoms with Gasteiger partial charge in [-0.15, -0.1) is 0 Å². The minimum atomic E-state index is 0.0141. The van der Waals surface area contributed by atoms with E-state index in [9.17, 15) is 0 Å². The molecule has 7 nitrogen and oxygen atoms in total. The number of methoxy groups -OCH3 is 2. The predicted molar refractivity (Wildman–Crippen MR) is 82.0 cm³/mol. The van der Waals surface area contributed by atoms with Crippen LogP contribution in [0.15, 0.2) is 28.8 Å². The van der Waals surface area contributed by atoms with Crippen molar-refractivity contribution in [3.05, 3.63) is 41.5 Å². The fraction of sp³-hybridized carbons (Fsp3) is 0.500. The van der Waals surface area contributed by atoms with Crippen LogP contribution in [0.3, 0.4) is 0 Å². The molecule has 1 aromatic heterocycles. The Kier molecular flexibility index (Phi) is 5.22. The van der Waals surface area contributed by atoms with Crippen LogP contribution in [0.2, 0.25) is 0 Å². The highest BCUT2D eigenvalue weighted by atomic mass is 16.5. The quantitative estimate of drug-likeness (QED) is 0.804. The van der Waals surface area contributed by atoms with Crippen molar-refractivity contribution in [3.63, 3.8) is 0 Å². The summed E-state index contributed by atoms with van der Waals surface area (Å²) < 4.78 is 21.4. The van der Waals surface area contributed by atoms with E-state index >= 15 is 0 Å². The number of nitrogens with zero attached hydrogens (tertiary/aromatic N) is 3. The van der Waals surface area contributed by atoms with Crippen LogP contribution in [0.5, 0.6) is 5.75 Å². The smallest absolute Gasteiger partial charge is 0.240 e. The summed E-state index contributed by atoms with van der Waals surface area (Å²) in [5.74, 6) is 2.01. The molecule has 1 saturated heterocycles. The minimum absolute atomic E-state index is 0.0141. The van der Waals surface area contributed by atoms with Gasteiger partial charge in [-0.2, -0.15) is 4.98 Å². The van der Waals surface area contributed by atoms with Gasteiger partial charge in [0.05, 0.1) is 26.4 Å². The van der Waals surface area contributed by atoms with Gasteiger partial charge in [0.25, 0.3) is 0 Å². The third kappa shape index (κ3) is 4.07. The summed E-state index contributed by atoms with van der Waals surface area (Å²) in [6.45, 7) is 3.25. The van der Waals surface area contributed by atoms with Gasteiger partial charge in [-0.3, -0.25) is 4.90 Å². The molecule has 1 aromatic carbocycles. The van der Waals surface area contributed by atoms with Gasteiger partial charge in [0.1, 0.15) is 12.4 Å². The summed E-state index contributed by atoms with van der Waals surface area (Å²) in [6, 6.07) is 7.98. The zero-order valence-electron chi connectivity index (χ0n) is 13.4. The summed E-state index contributed by atoms with van der Waals surface area (Å²) in [7, 11) is 3.27. The van der Waals surface area contributed by atoms with Gasteiger partial charge >= 0.3 is 0 Å². The van der Waals surface area contributed by atoms with Gasteiger partial charge in [-0.25, -0.2) is 0 Å². The molecule has 23 heavy (non-hydrogen) atoms. The summed E-state index contributed by atoms with van der Waals surface area (Å²) in [5.41, 5.74) is 1.11. The lowest BCUT2D eigenvalue weighted by Gasteiger charge is -2.32. The average Bonchev–Trinajstić information content (AvgIpc) is 3.02. The molecule has 1 aliphatic heterocycles. The summed E-state index contributed by atoms with van der Waals surface area (Å²) in [5, 5.41) is 3.89. The van der Waals surface area contributed by atoms with Crippen LogP contribution >= 0.6 is 0 Å². The van der Waals surface area contributed by atoms with E-state index in [-0.39, 0.29) is 6.10 Å². The number of ether oxygens (including phenoxy) is 3. The first-order valence-corrected chi connectivity index (χ1v) is 7.57. The number of rotatable bonds is 6. The lowest BCUT2D eigenvalue weighted by Crippen LogP contribution is -2.37. The van der Waals surface area contributed by atoms with Crippen molar-refractivity contribution in [1.29, 1.82) is 0 Å². The zero-order valence-corrected chi connectivity index (χ0v) is 13.4. The molecule has 7 heteroatoms. The van der Waals surface area contributed by atoms with Gasteiger partial charge in [-0.05, 0) is 17.7 Å². The fourth-order valence-electron chi connectivity index (χ4n) is 2.62. The third-order valence-corrected chi connectivity index (χ3v) is 3.76. The number of morpholine rings is 1. The molecule has 1 atom stereocenters. The Morgan fingerprint density at radius 3 is 3.09 bits per heavy atom. The molecule has 3 rings (SSSR count). The Balaban J connectivity index is 1.63. The molecule has 0 amide bonds. The topological polar surface area (TPSA) is 69.9 Å². The van der Waals surface area contributed by atoms with Crippen LogP contribution in [0.4, 0.5) is 0 Å². The van der Waals surface area contributed by atoms with Crippen molar-refractivity contribution < 1.29 is 18.7 Å². The minimum Gasteiger partial charge on any atom is -0.497 e. The first-order valence-electron chi connectivity index (χ1n) is 7.57. The van der Waals surface area contributed by atoms with Crippen LogP contribution in [0.1, 0.15) is 23.4 Å². The molecule has 0 N–H and O–H groups in total. The van der Waals surface area contributed by atoms with E-state index in [2.05, 4.69) is 21.1 Å². The molecule has 0 spiro atoms. The SMILES string of the molecule is COCc1noc(CN2CCOC(c3cccc(OC)c3)C2)n1. The van der Waals surface area contributed by atoms with E-state index in [1.165, 1.54) is 0 Å². The highest BCUT2D eigenvalue weighted by Crippen LogP contribution is 2.25. The number of hydrogen-bond acceptors (Lipinski definition) is 7. The standard InChI is InChI=1S/C16H21N3O4/c1-20-11-15-17-16(23-18-15)10-19-6-7-22-14(9-19)12-4-3-5-13(8-12)21-2/h3-5,8,14H,6-7,9-11H2,1-2H3. The first-order chi connectivity index (χ1) is 11.3. The summed E-state index contributed by atoms with van der Waals surface area (Å²) >= 11 is 0. The zero-order chi connectivity index (χ0) is 16.1. The van der Waals surface area contributed by atoms with E-state index in [1.807, 2.05) is 18.2 Å². The van der Waals surface area contributed by atoms with E-state index in [1.54, 1.807) is 14.2 Å². The molecule has 124 valence electrons. The highest BCUT2D eigenvalue weighted by Gasteiger charge is 2.23. The molecule has 1 unspecified atom stereocenters. The van der Waals surface area contributed by atoms with Crippen molar-refractivity contribution in [2.75, 3.05) is 33.9 Å². The Morgan fingerprint density at radius 1 is 1.35 bits per heavy atom. The molecule has 0 bridgehead atoms. The fourth-order valence-corrected chi connectivity index (χ4v) is 2.62. The van der Waals surface area contributed by atoms with Crippen molar-refractivity contribution in [2.45, 2.75) is 19.3 Å². The lowest BCUT2D eigenvalue weighted by atomic mass is 10.1. The van der Waals surface area contributed by atoms with E-state index < -0.39 is 0 Å². The maximum Gasteiger partial charge on any atom is 0.240 e. The van der Waals surface area contributed by atoms with Crippen LogP contribution < -0.4 is 4.74 Å². The van der Waals surface area contributed by atoms with Crippen molar-refractivity contribution in [3.8, 4) is 5.75 Å². The second-order valence-corrected chi connectivity index (χ2v) is 5.41. The summed E-state index contributed by atoms with van der Waals surface area (Å²) in [4.78, 5) is 6.56. The van der Waals surface area contributed by atoms with Crippen LogP contribution in [-0.2, 0) is 22.6 Å². The van der Waals surface area contributed by atoms with Crippen molar-refractivity contribution >= 4 is 0 Å². The number of benzene rings is 1. The van der Waals surface area contributed by atoms with E-state index in [4.69, 9.17) is 18.7 Å². The molecule has 2 heterocycles. The second-order valence-electron chi connectivity index (χ2n) is 5.41. The molecule has 2 aromatic rings. The largest absolute Gasteiger partial charge is 0.497 e. The molecule has 1 aliphatic rings. The monoisotopic (exact) mass is 319 g/mol. The Bertz CT molecular complexity index is 631. The lowest BCUT2D eigenvalue weighted by molar-refractivity contribution is -0.0356. The van der Waals surface area contributed by atoms with Crippen molar-refractivity contribution in [2.24, 2.45) is 0 Å². The molecule has 1 fully saturated rings. The molecule has 0 radical (unpaired) electrons. The Labute approximate surface area is 135 Å². The Morgan fingerprint density at radius 2 is 2.26 bits per heavy atom. The Hall–Kier alpha value is -1.96. The van der Waals surface area contributed by atoms with Crippen LogP contribution in [0, 0.1) is 0 Å². The van der Waals surface area contributed by atoms with E-state index in [0.717, 1.165) is 24.4 Å². The van der Waals surface area contributed by atoms with Crippen molar-refractivity contribution in [1.82, 2.24) is 15.0 Å².